The van der Waals surface area contributed by atoms with Crippen molar-refractivity contribution in [1.29, 1.82) is 0 Å². The number of thioether (sulfide) groups is 1. The Morgan fingerprint density at radius 2 is 1.93 bits per heavy atom. The van der Waals surface area contributed by atoms with Crippen molar-refractivity contribution in [2.75, 3.05) is 25.6 Å². The third-order valence-electron chi connectivity index (χ3n) is 4.57. The van der Waals surface area contributed by atoms with E-state index in [9.17, 15) is 0 Å². The fourth-order valence-electron chi connectivity index (χ4n) is 2.69. The molecule has 2 rings (SSSR count). The first-order valence-corrected chi connectivity index (χ1v) is 10.9. The van der Waals surface area contributed by atoms with Crippen molar-refractivity contribution in [3.05, 3.63) is 47.0 Å². The molecule has 2 aromatic rings. The molecule has 0 amide bonds. The Kier molecular flexibility index (Phi) is 8.64. The molecular weight excluding hydrogens is 356 g/mol. The van der Waals surface area contributed by atoms with Crippen LogP contribution in [0.5, 0.6) is 0 Å². The Hall–Kier alpha value is -2.02. The van der Waals surface area contributed by atoms with Gasteiger partial charge in [0.15, 0.2) is 11.8 Å². The van der Waals surface area contributed by atoms with Gasteiger partial charge in [0.1, 0.15) is 12.4 Å². The van der Waals surface area contributed by atoms with Crippen LogP contribution in [0, 0.1) is 6.92 Å². The number of aliphatic imine (C=N–C) groups is 1. The summed E-state index contributed by atoms with van der Waals surface area (Å²) in [6.07, 6.45) is 4.32. The highest BCUT2D eigenvalue weighted by Crippen LogP contribution is 2.08. The van der Waals surface area contributed by atoms with Gasteiger partial charge in [0, 0.05) is 27.2 Å². The minimum absolute atomic E-state index is 0.515. The topological polar surface area (TPSA) is 58.3 Å². The molecular formula is C20H32N6S. The lowest BCUT2D eigenvalue weighted by atomic mass is 10.1. The molecule has 0 atom stereocenters. The zero-order valence-electron chi connectivity index (χ0n) is 17.2. The Balaban J connectivity index is 2.06. The monoisotopic (exact) mass is 388 g/mol. The zero-order valence-corrected chi connectivity index (χ0v) is 18.0. The van der Waals surface area contributed by atoms with E-state index in [2.05, 4.69) is 64.9 Å². The number of hydrogen-bond acceptors (Lipinski definition) is 4. The van der Waals surface area contributed by atoms with E-state index in [-0.39, 0.29) is 0 Å². The van der Waals surface area contributed by atoms with Gasteiger partial charge in [0.25, 0.3) is 0 Å². The molecule has 1 N–H and O–H groups in total. The summed E-state index contributed by atoms with van der Waals surface area (Å²) in [7, 11) is 4.06. The highest BCUT2D eigenvalue weighted by atomic mass is 32.2. The van der Waals surface area contributed by atoms with Crippen molar-refractivity contribution in [3.63, 3.8) is 0 Å². The average molecular weight is 389 g/mol. The third-order valence-corrected chi connectivity index (χ3v) is 5.27. The molecule has 1 heterocycles. The Morgan fingerprint density at radius 1 is 1.22 bits per heavy atom. The van der Waals surface area contributed by atoms with Gasteiger partial charge in [-0.1, -0.05) is 31.2 Å². The lowest BCUT2D eigenvalue weighted by molar-refractivity contribution is 0.474. The molecule has 0 aliphatic carbocycles. The van der Waals surface area contributed by atoms with Crippen LogP contribution in [-0.2, 0) is 26.6 Å². The van der Waals surface area contributed by atoms with Crippen LogP contribution >= 0.6 is 11.8 Å². The second-order valence-corrected chi connectivity index (χ2v) is 7.65. The maximum atomic E-state index is 4.80. The number of nitrogens with one attached hydrogen (secondary N) is 1. The molecule has 0 radical (unpaired) electrons. The highest BCUT2D eigenvalue weighted by Gasteiger charge is 2.09. The molecule has 0 bridgehead atoms. The minimum atomic E-state index is 0.515. The first-order valence-electron chi connectivity index (χ1n) is 9.46. The van der Waals surface area contributed by atoms with Crippen LogP contribution in [0.15, 0.2) is 29.3 Å². The van der Waals surface area contributed by atoms with Crippen molar-refractivity contribution in [3.8, 4) is 0 Å². The van der Waals surface area contributed by atoms with Crippen molar-refractivity contribution in [2.45, 2.75) is 39.8 Å². The van der Waals surface area contributed by atoms with E-state index in [1.807, 2.05) is 30.3 Å². The van der Waals surface area contributed by atoms with Crippen LogP contribution in [0.2, 0.25) is 0 Å². The zero-order chi connectivity index (χ0) is 19.6. The summed E-state index contributed by atoms with van der Waals surface area (Å²) in [6.45, 7) is 6.38. The van der Waals surface area contributed by atoms with E-state index >= 15 is 0 Å². The van der Waals surface area contributed by atoms with Gasteiger partial charge >= 0.3 is 0 Å². The number of aryl methyl sites for hydroxylation is 2. The van der Waals surface area contributed by atoms with E-state index < -0.39 is 0 Å². The quantitative estimate of drug-likeness (QED) is 0.406. The first kappa shape index (κ1) is 21.3. The van der Waals surface area contributed by atoms with Crippen molar-refractivity contribution < 1.29 is 0 Å². The number of nitrogens with zero attached hydrogens (tertiary/aromatic N) is 5. The van der Waals surface area contributed by atoms with Crippen LogP contribution in [0.25, 0.3) is 0 Å². The molecule has 0 unspecified atom stereocenters. The molecule has 0 aliphatic rings. The maximum Gasteiger partial charge on any atom is 0.194 e. The second-order valence-electron chi connectivity index (χ2n) is 6.66. The molecule has 0 fully saturated rings. The van der Waals surface area contributed by atoms with E-state index in [0.717, 1.165) is 49.3 Å². The fourth-order valence-corrected chi connectivity index (χ4v) is 3.12. The third kappa shape index (κ3) is 6.57. The number of guanidine groups is 1. The minimum Gasteiger partial charge on any atom is -0.356 e. The Morgan fingerprint density at radius 3 is 2.52 bits per heavy atom. The largest absolute Gasteiger partial charge is 0.356 e. The fraction of sp³-hybridized carbons (Fsp3) is 0.550. The highest BCUT2D eigenvalue weighted by molar-refractivity contribution is 7.98. The summed E-state index contributed by atoms with van der Waals surface area (Å²) >= 11 is 1.87. The van der Waals surface area contributed by atoms with Gasteiger partial charge in [0.05, 0.1) is 0 Å². The van der Waals surface area contributed by atoms with Crippen LogP contribution in [0.3, 0.4) is 0 Å². The number of aromatic nitrogens is 3. The smallest absolute Gasteiger partial charge is 0.194 e. The summed E-state index contributed by atoms with van der Waals surface area (Å²) in [5.74, 6) is 3.82. The van der Waals surface area contributed by atoms with E-state index in [0.29, 0.717) is 6.54 Å². The Labute approximate surface area is 167 Å². The summed E-state index contributed by atoms with van der Waals surface area (Å²) < 4.78 is 1.98. The van der Waals surface area contributed by atoms with Gasteiger partial charge in [-0.05, 0) is 42.9 Å². The van der Waals surface area contributed by atoms with E-state index in [4.69, 9.17) is 4.99 Å². The standard InChI is InChI=1S/C20H32N6S/c1-6-17-8-10-18(11-9-17)15-25(3)20(21-12-7-13-27-5)22-14-19-24-23-16(2)26(19)4/h8-11H,6-7,12-15H2,1-5H3,(H,21,22). The summed E-state index contributed by atoms with van der Waals surface area (Å²) in [4.78, 5) is 6.97. The average Bonchev–Trinajstić information content (AvgIpc) is 3.00. The number of hydrogen-bond donors (Lipinski definition) is 1. The van der Waals surface area contributed by atoms with Crippen molar-refractivity contribution in [2.24, 2.45) is 12.0 Å². The molecule has 0 spiro atoms. The van der Waals surface area contributed by atoms with Gasteiger partial charge in [0.2, 0.25) is 0 Å². The number of rotatable bonds is 9. The van der Waals surface area contributed by atoms with Crippen LogP contribution in [-0.4, -0.2) is 51.2 Å². The molecule has 7 heteroatoms. The molecule has 0 saturated carbocycles. The lowest BCUT2D eigenvalue weighted by Gasteiger charge is -2.23. The van der Waals surface area contributed by atoms with Gasteiger partial charge in [-0.3, -0.25) is 0 Å². The van der Waals surface area contributed by atoms with Gasteiger partial charge < -0.3 is 14.8 Å². The molecule has 148 valence electrons. The molecule has 1 aromatic carbocycles. The second kappa shape index (κ2) is 11.0. The molecule has 6 nitrogen and oxygen atoms in total. The normalized spacial score (nSPS) is 11.7. The maximum absolute atomic E-state index is 4.80. The van der Waals surface area contributed by atoms with Crippen molar-refractivity contribution >= 4 is 17.7 Å². The van der Waals surface area contributed by atoms with Crippen molar-refractivity contribution in [1.82, 2.24) is 25.0 Å². The molecule has 0 saturated heterocycles. The Bertz CT molecular complexity index is 723. The van der Waals surface area contributed by atoms with Crippen LogP contribution < -0.4 is 5.32 Å². The van der Waals surface area contributed by atoms with Gasteiger partial charge in [-0.2, -0.15) is 11.8 Å². The van der Waals surface area contributed by atoms with Crippen LogP contribution in [0.4, 0.5) is 0 Å². The first-order chi connectivity index (χ1) is 13.0. The van der Waals surface area contributed by atoms with Gasteiger partial charge in [-0.15, -0.1) is 10.2 Å². The molecule has 0 aliphatic heterocycles. The van der Waals surface area contributed by atoms with Gasteiger partial charge in [-0.25, -0.2) is 4.99 Å². The number of benzene rings is 1. The predicted octanol–water partition coefficient (Wildman–Crippen LogP) is 3.02. The predicted molar refractivity (Wildman–Crippen MR) is 115 cm³/mol. The van der Waals surface area contributed by atoms with E-state index in [1.165, 1.54) is 11.1 Å². The summed E-state index contributed by atoms with van der Waals surface area (Å²) in [5, 5.41) is 11.8. The summed E-state index contributed by atoms with van der Waals surface area (Å²) in [5.41, 5.74) is 2.64. The van der Waals surface area contributed by atoms with E-state index in [1.54, 1.807) is 0 Å². The molecule has 27 heavy (non-hydrogen) atoms. The van der Waals surface area contributed by atoms with Crippen LogP contribution in [0.1, 0.15) is 36.1 Å². The molecule has 1 aromatic heterocycles. The summed E-state index contributed by atoms with van der Waals surface area (Å²) in [6, 6.07) is 8.81. The lowest BCUT2D eigenvalue weighted by Crippen LogP contribution is -2.39. The SMILES string of the molecule is CCc1ccc(CN(C)C(=NCc2nnc(C)n2C)NCCCSC)cc1.